The highest BCUT2D eigenvalue weighted by atomic mass is 79.9. The summed E-state index contributed by atoms with van der Waals surface area (Å²) in [4.78, 5) is -0.572. The monoisotopic (exact) mass is 374 g/mol. The van der Waals surface area contributed by atoms with Crippen LogP contribution in [0.4, 0.5) is 15.8 Å². The number of ether oxygens (including phenoxy) is 1. The molecule has 2 aromatic rings. The minimum atomic E-state index is -4.12. The lowest BCUT2D eigenvalue weighted by Gasteiger charge is -2.12. The molecule has 5 nitrogen and oxygen atoms in total. The Morgan fingerprint density at radius 1 is 1.29 bits per heavy atom. The topological polar surface area (TPSA) is 81.4 Å². The number of hydrogen-bond donors (Lipinski definition) is 2. The van der Waals surface area contributed by atoms with Crippen molar-refractivity contribution in [3.63, 3.8) is 0 Å². The number of halogens is 2. The number of nitrogens with two attached hydrogens (primary N) is 1. The lowest BCUT2D eigenvalue weighted by Crippen LogP contribution is -2.16. The van der Waals surface area contributed by atoms with Gasteiger partial charge >= 0.3 is 0 Å². The van der Waals surface area contributed by atoms with Crippen LogP contribution in [0.5, 0.6) is 5.75 Å². The minimum Gasteiger partial charge on any atom is -0.496 e. The standard InChI is InChI=1S/C13H12BrFN2O3S/c1-20-12-6-5-8(7-9(12)14)17-21(18,19)13-10(15)3-2-4-11(13)16/h2-7,17H,16H2,1H3. The van der Waals surface area contributed by atoms with Crippen molar-refractivity contribution in [2.75, 3.05) is 17.6 Å². The van der Waals surface area contributed by atoms with E-state index >= 15 is 0 Å². The molecule has 0 aromatic heterocycles. The van der Waals surface area contributed by atoms with Gasteiger partial charge in [0.15, 0.2) is 0 Å². The number of hydrogen-bond acceptors (Lipinski definition) is 4. The molecular weight excluding hydrogens is 363 g/mol. The van der Waals surface area contributed by atoms with Gasteiger partial charge in [-0.2, -0.15) is 0 Å². The molecule has 0 unspecified atom stereocenters. The number of nitrogens with one attached hydrogen (secondary N) is 1. The highest BCUT2D eigenvalue weighted by Gasteiger charge is 2.22. The van der Waals surface area contributed by atoms with Gasteiger partial charge in [0, 0.05) is 0 Å². The van der Waals surface area contributed by atoms with Crippen LogP contribution in [0.15, 0.2) is 45.8 Å². The summed E-state index contributed by atoms with van der Waals surface area (Å²) in [5.41, 5.74) is 5.65. The molecule has 0 atom stereocenters. The van der Waals surface area contributed by atoms with Gasteiger partial charge in [-0.3, -0.25) is 4.72 Å². The molecule has 0 fully saturated rings. The molecule has 21 heavy (non-hydrogen) atoms. The van der Waals surface area contributed by atoms with E-state index < -0.39 is 20.7 Å². The van der Waals surface area contributed by atoms with Crippen molar-refractivity contribution >= 4 is 37.3 Å². The second kappa shape index (κ2) is 5.90. The van der Waals surface area contributed by atoms with Gasteiger partial charge < -0.3 is 10.5 Å². The van der Waals surface area contributed by atoms with E-state index in [0.29, 0.717) is 10.2 Å². The number of rotatable bonds is 4. The fraction of sp³-hybridized carbons (Fsp3) is 0.0769. The van der Waals surface area contributed by atoms with Gasteiger partial charge in [-0.25, -0.2) is 12.8 Å². The van der Waals surface area contributed by atoms with Gasteiger partial charge in [0.25, 0.3) is 10.0 Å². The third-order valence-corrected chi connectivity index (χ3v) is 4.76. The quantitative estimate of drug-likeness (QED) is 0.806. The Labute approximate surface area is 130 Å². The summed E-state index contributed by atoms with van der Waals surface area (Å²) in [6, 6.07) is 8.28. The second-order valence-corrected chi connectivity index (χ2v) is 6.59. The Hall–Kier alpha value is -1.80. The molecule has 0 aliphatic carbocycles. The zero-order chi connectivity index (χ0) is 15.6. The third kappa shape index (κ3) is 3.27. The summed E-state index contributed by atoms with van der Waals surface area (Å²) in [7, 11) is -2.63. The SMILES string of the molecule is COc1ccc(NS(=O)(=O)c2c(N)cccc2F)cc1Br. The van der Waals surface area contributed by atoms with E-state index in [2.05, 4.69) is 20.7 Å². The van der Waals surface area contributed by atoms with Crippen LogP contribution in [0.1, 0.15) is 0 Å². The molecule has 0 saturated carbocycles. The van der Waals surface area contributed by atoms with Gasteiger partial charge in [-0.15, -0.1) is 0 Å². The summed E-state index contributed by atoms with van der Waals surface area (Å²) in [6.07, 6.45) is 0. The summed E-state index contributed by atoms with van der Waals surface area (Å²) in [5.74, 6) is -0.363. The molecule has 0 radical (unpaired) electrons. The molecule has 0 saturated heterocycles. The van der Waals surface area contributed by atoms with Gasteiger partial charge in [-0.05, 0) is 46.3 Å². The van der Waals surface area contributed by atoms with Crippen molar-refractivity contribution in [2.24, 2.45) is 0 Å². The maximum atomic E-state index is 13.7. The molecule has 0 bridgehead atoms. The van der Waals surface area contributed by atoms with Crippen LogP contribution in [0, 0.1) is 5.82 Å². The molecular formula is C13H12BrFN2O3S. The third-order valence-electron chi connectivity index (χ3n) is 2.67. The molecule has 0 aliphatic rings. The van der Waals surface area contributed by atoms with E-state index in [9.17, 15) is 12.8 Å². The molecule has 8 heteroatoms. The molecule has 0 heterocycles. The molecule has 3 N–H and O–H groups in total. The largest absolute Gasteiger partial charge is 0.496 e. The summed E-state index contributed by atoms with van der Waals surface area (Å²) < 4.78 is 46.1. The second-order valence-electron chi connectivity index (χ2n) is 4.11. The Morgan fingerprint density at radius 2 is 2.00 bits per heavy atom. The van der Waals surface area contributed by atoms with E-state index in [1.54, 1.807) is 6.07 Å². The first kappa shape index (κ1) is 15.6. The number of anilines is 2. The Kier molecular flexibility index (Phi) is 4.38. The van der Waals surface area contributed by atoms with E-state index in [0.717, 1.165) is 6.07 Å². The molecule has 0 aliphatic heterocycles. The summed E-state index contributed by atoms with van der Waals surface area (Å²) in [5, 5.41) is 0. The predicted molar refractivity (Wildman–Crippen MR) is 82.3 cm³/mol. The predicted octanol–water partition coefficient (Wildman–Crippen LogP) is 2.98. The number of methoxy groups -OCH3 is 1. The highest BCUT2D eigenvalue weighted by molar-refractivity contribution is 9.10. The maximum absolute atomic E-state index is 13.7. The van der Waals surface area contributed by atoms with Crippen LogP contribution < -0.4 is 15.2 Å². The Balaban J connectivity index is 2.40. The van der Waals surface area contributed by atoms with Crippen LogP contribution in [-0.4, -0.2) is 15.5 Å². The Morgan fingerprint density at radius 3 is 2.57 bits per heavy atom. The van der Waals surface area contributed by atoms with Crippen LogP contribution in [0.2, 0.25) is 0 Å². The van der Waals surface area contributed by atoms with E-state index in [1.165, 1.54) is 31.4 Å². The zero-order valence-electron chi connectivity index (χ0n) is 10.9. The lowest BCUT2D eigenvalue weighted by molar-refractivity contribution is 0.412. The minimum absolute atomic E-state index is 0.157. The molecule has 2 aromatic carbocycles. The average molecular weight is 375 g/mol. The van der Waals surface area contributed by atoms with Gasteiger partial charge in [0.2, 0.25) is 0 Å². The van der Waals surface area contributed by atoms with E-state index in [4.69, 9.17) is 10.5 Å². The highest BCUT2D eigenvalue weighted by Crippen LogP contribution is 2.30. The average Bonchev–Trinajstić information content (AvgIpc) is 2.37. The summed E-state index contributed by atoms with van der Waals surface area (Å²) >= 11 is 3.24. The van der Waals surface area contributed by atoms with Crippen molar-refractivity contribution in [3.05, 3.63) is 46.7 Å². The van der Waals surface area contributed by atoms with Gasteiger partial charge in [0.1, 0.15) is 16.5 Å². The number of sulfonamides is 1. The fourth-order valence-electron chi connectivity index (χ4n) is 1.75. The van der Waals surface area contributed by atoms with Crippen LogP contribution in [0.25, 0.3) is 0 Å². The number of benzene rings is 2. The van der Waals surface area contributed by atoms with Crippen molar-refractivity contribution in [1.82, 2.24) is 0 Å². The zero-order valence-corrected chi connectivity index (χ0v) is 13.3. The molecule has 112 valence electrons. The normalized spacial score (nSPS) is 11.2. The number of nitrogen functional groups attached to an aromatic ring is 1. The van der Waals surface area contributed by atoms with E-state index in [1.807, 2.05) is 0 Å². The lowest BCUT2D eigenvalue weighted by atomic mass is 10.3. The van der Waals surface area contributed by atoms with Crippen molar-refractivity contribution in [2.45, 2.75) is 4.90 Å². The van der Waals surface area contributed by atoms with Gasteiger partial charge in [0.05, 0.1) is 23.0 Å². The van der Waals surface area contributed by atoms with Crippen LogP contribution in [0.3, 0.4) is 0 Å². The fourth-order valence-corrected chi connectivity index (χ4v) is 3.53. The molecule has 0 spiro atoms. The van der Waals surface area contributed by atoms with Crippen LogP contribution >= 0.6 is 15.9 Å². The first-order valence-corrected chi connectivity index (χ1v) is 8.03. The van der Waals surface area contributed by atoms with Crippen molar-refractivity contribution in [1.29, 1.82) is 0 Å². The van der Waals surface area contributed by atoms with Crippen molar-refractivity contribution < 1.29 is 17.5 Å². The van der Waals surface area contributed by atoms with Crippen LogP contribution in [-0.2, 0) is 10.0 Å². The van der Waals surface area contributed by atoms with E-state index in [-0.39, 0.29) is 11.4 Å². The van der Waals surface area contributed by atoms with Gasteiger partial charge in [-0.1, -0.05) is 6.07 Å². The molecule has 2 rings (SSSR count). The smallest absolute Gasteiger partial charge is 0.266 e. The van der Waals surface area contributed by atoms with Crippen molar-refractivity contribution in [3.8, 4) is 5.75 Å². The first-order valence-electron chi connectivity index (χ1n) is 5.75. The Bertz CT molecular complexity index is 761. The molecule has 0 amide bonds. The maximum Gasteiger partial charge on any atom is 0.266 e. The first-order chi connectivity index (χ1) is 9.85. The summed E-state index contributed by atoms with van der Waals surface area (Å²) in [6.45, 7) is 0.